The summed E-state index contributed by atoms with van der Waals surface area (Å²) in [5.74, 6) is -4.05. The summed E-state index contributed by atoms with van der Waals surface area (Å²) in [5.41, 5.74) is 0.227. The smallest absolute Gasteiger partial charge is 0.459 e. The Morgan fingerprint density at radius 2 is 1.83 bits per heavy atom. The number of morpholine rings is 1. The van der Waals surface area contributed by atoms with E-state index in [1.807, 2.05) is 24.3 Å². The maximum absolute atomic E-state index is 16.1. The number of amides is 1. The lowest BCUT2D eigenvalue weighted by Gasteiger charge is -2.51. The molecule has 274 valence electrons. The predicted octanol–water partition coefficient (Wildman–Crippen LogP) is 5.14. The van der Waals surface area contributed by atoms with E-state index in [2.05, 4.69) is 5.09 Å². The summed E-state index contributed by atoms with van der Waals surface area (Å²) in [4.78, 5) is 42.6. The van der Waals surface area contributed by atoms with Crippen molar-refractivity contribution in [2.75, 3.05) is 38.5 Å². The number of pyridine rings is 1. The van der Waals surface area contributed by atoms with Gasteiger partial charge in [-0.2, -0.15) is 5.09 Å². The minimum Gasteiger partial charge on any atom is -0.468 e. The van der Waals surface area contributed by atoms with Gasteiger partial charge >= 0.3 is 13.7 Å². The van der Waals surface area contributed by atoms with E-state index in [-0.39, 0.29) is 37.6 Å². The fourth-order valence-electron chi connectivity index (χ4n) is 7.10. The summed E-state index contributed by atoms with van der Waals surface area (Å²) in [6.45, 7) is 6.86. The number of nitrogens with zero attached hydrogens (tertiary/aromatic N) is 4. The number of ether oxygens (including phenoxy) is 2. The van der Waals surface area contributed by atoms with Crippen LogP contribution in [0.15, 0.2) is 71.8 Å². The van der Waals surface area contributed by atoms with Crippen molar-refractivity contribution < 1.29 is 41.5 Å². The fraction of sp³-hybridized carbons (Fsp3) is 0.361. The van der Waals surface area contributed by atoms with Crippen LogP contribution in [0.3, 0.4) is 0 Å². The molecule has 4 aromatic rings. The Kier molecular flexibility index (Phi) is 9.10. The average Bonchev–Trinajstić information content (AvgIpc) is 3.56. The summed E-state index contributed by atoms with van der Waals surface area (Å²) in [7, 11) is -3.40. The van der Waals surface area contributed by atoms with Gasteiger partial charge in [0.2, 0.25) is 11.2 Å². The second kappa shape index (κ2) is 13.3. The Morgan fingerprint density at radius 3 is 2.56 bits per heavy atom. The van der Waals surface area contributed by atoms with Gasteiger partial charge in [0, 0.05) is 36.1 Å². The van der Waals surface area contributed by atoms with E-state index in [0.29, 0.717) is 22.5 Å². The van der Waals surface area contributed by atoms with Gasteiger partial charge in [0.05, 0.1) is 38.3 Å². The van der Waals surface area contributed by atoms with Crippen LogP contribution in [0.2, 0.25) is 0 Å². The minimum absolute atomic E-state index is 0.0199. The zero-order valence-electron chi connectivity index (χ0n) is 29.2. The number of carbonyl (C=O) groups is 2. The van der Waals surface area contributed by atoms with Crippen molar-refractivity contribution in [2.45, 2.75) is 45.9 Å². The normalized spacial score (nSPS) is 19.6. The third-order valence-corrected chi connectivity index (χ3v) is 11.0. The lowest BCUT2D eigenvalue weighted by atomic mass is 9.87. The highest BCUT2D eigenvalue weighted by Crippen LogP contribution is 2.49. The molecular formula is C36H38F2N5O8P. The molecule has 52 heavy (non-hydrogen) atoms. The van der Waals surface area contributed by atoms with E-state index in [1.165, 1.54) is 28.9 Å². The van der Waals surface area contributed by atoms with E-state index in [4.69, 9.17) is 18.5 Å². The summed E-state index contributed by atoms with van der Waals surface area (Å²) < 4.78 is 71.2. The van der Waals surface area contributed by atoms with Crippen LogP contribution >= 0.6 is 7.75 Å². The Balaban J connectivity index is 1.46. The second-order valence-corrected chi connectivity index (χ2v) is 15.3. The van der Waals surface area contributed by atoms with Crippen molar-refractivity contribution in [3.8, 4) is 22.7 Å². The molecule has 1 amide bonds. The summed E-state index contributed by atoms with van der Waals surface area (Å²) in [5, 5.41) is 4.41. The summed E-state index contributed by atoms with van der Waals surface area (Å²) in [6.07, 6.45) is 2.34. The Morgan fingerprint density at radius 1 is 1.06 bits per heavy atom. The first kappa shape index (κ1) is 35.6. The second-order valence-electron chi connectivity index (χ2n) is 13.6. The number of rotatable bonds is 8. The van der Waals surface area contributed by atoms with Crippen molar-refractivity contribution in [2.24, 2.45) is 5.41 Å². The van der Waals surface area contributed by atoms with Gasteiger partial charge in [0.15, 0.2) is 17.3 Å². The summed E-state index contributed by atoms with van der Waals surface area (Å²) in [6, 6.07) is 12.4. The van der Waals surface area contributed by atoms with Gasteiger partial charge in [-0.25, -0.2) is 13.3 Å². The van der Waals surface area contributed by atoms with Crippen LogP contribution in [0.4, 0.5) is 8.78 Å². The monoisotopic (exact) mass is 737 g/mol. The van der Waals surface area contributed by atoms with E-state index >= 15 is 8.78 Å². The van der Waals surface area contributed by atoms with Gasteiger partial charge in [0.25, 0.3) is 5.91 Å². The predicted molar refractivity (Wildman–Crippen MR) is 186 cm³/mol. The number of nitrogens with one attached hydrogen (secondary N) is 1. The lowest BCUT2D eigenvalue weighted by molar-refractivity contribution is -0.145. The third-order valence-electron chi connectivity index (χ3n) is 9.44. The number of hydrogen-bond acceptors (Lipinski definition) is 9. The fourth-order valence-corrected chi connectivity index (χ4v) is 8.85. The van der Waals surface area contributed by atoms with E-state index in [0.717, 1.165) is 12.1 Å². The number of carbonyl (C=O) groups excluding carboxylic acids is 2. The number of para-hydroxylation sites is 1. The maximum atomic E-state index is 16.1. The Labute approximate surface area is 298 Å². The number of fused-ring (bicyclic) bond motifs is 7. The molecular weight excluding hydrogens is 699 g/mol. The van der Waals surface area contributed by atoms with E-state index in [9.17, 15) is 18.9 Å². The average molecular weight is 738 g/mol. The molecule has 0 spiro atoms. The molecule has 4 atom stereocenters. The highest BCUT2D eigenvalue weighted by Gasteiger charge is 2.48. The zero-order chi connectivity index (χ0) is 37.1. The largest absolute Gasteiger partial charge is 0.468 e. The van der Waals surface area contributed by atoms with Crippen molar-refractivity contribution in [3.05, 3.63) is 106 Å². The molecule has 7 rings (SSSR count). The van der Waals surface area contributed by atoms with Crippen molar-refractivity contribution >= 4 is 19.6 Å². The maximum Gasteiger partial charge on any atom is 0.459 e. The third kappa shape index (κ3) is 5.81. The molecule has 0 radical (unpaired) electrons. The lowest BCUT2D eigenvalue weighted by Crippen LogP contribution is -2.66. The standard InChI is InChI=1S/C36H38F2N5O8P/c1-6-50-52(47,39-33(35(46)48-5)36(2,3)4)51-32-26(44)15-17-42-31(32)34(45)41-18-19-49-20-27(41)43(42)30-21-10-7-8-11-24(21)40-16-9-12-25(40)28-22(30)13-14-23(37)29(28)38/h7-17,27,30,33H,6,18-20H2,1-5H3,(H,39,47)/t27-,30-,33+,52?/m1/s1. The molecule has 3 aliphatic rings. The quantitative estimate of drug-likeness (QED) is 0.192. The van der Waals surface area contributed by atoms with Crippen molar-refractivity contribution in [1.29, 1.82) is 0 Å². The Bertz CT molecular complexity index is 2180. The van der Waals surface area contributed by atoms with Crippen LogP contribution in [-0.2, 0) is 23.4 Å². The van der Waals surface area contributed by atoms with Crippen LogP contribution < -0.4 is 20.0 Å². The number of methoxy groups -OCH3 is 1. The topological polar surface area (TPSA) is 134 Å². The van der Waals surface area contributed by atoms with E-state index < -0.39 is 66.1 Å². The molecule has 1 fully saturated rings. The van der Waals surface area contributed by atoms with Gasteiger partial charge in [-0.3, -0.25) is 28.6 Å². The van der Waals surface area contributed by atoms with Crippen LogP contribution in [0.1, 0.15) is 55.4 Å². The molecule has 3 aliphatic heterocycles. The molecule has 0 saturated carbocycles. The SMILES string of the molecule is CCOP(=O)(N[C@@H](C(=O)OC)C(C)(C)C)Oc1c2n(ccc1=O)N([C@@H]1c3ccccc3-n3cccc3-c3c1ccc(F)c3F)[C@@H]1COCCN1C2=O. The first-order valence-corrected chi connectivity index (χ1v) is 18.3. The molecule has 1 N–H and O–H groups in total. The van der Waals surface area contributed by atoms with Crippen molar-refractivity contribution in [3.63, 3.8) is 0 Å². The van der Waals surface area contributed by atoms with Gasteiger partial charge in [-0.15, -0.1) is 0 Å². The van der Waals surface area contributed by atoms with E-state index in [1.54, 1.807) is 55.6 Å². The van der Waals surface area contributed by atoms with Crippen LogP contribution in [0.25, 0.3) is 16.9 Å². The van der Waals surface area contributed by atoms with Crippen LogP contribution in [0.5, 0.6) is 5.75 Å². The number of aromatic nitrogens is 2. The number of halogens is 2. The minimum atomic E-state index is -4.58. The first-order chi connectivity index (χ1) is 24.8. The number of benzene rings is 2. The molecule has 0 bridgehead atoms. The van der Waals surface area contributed by atoms with Gasteiger partial charge in [0.1, 0.15) is 18.2 Å². The van der Waals surface area contributed by atoms with Gasteiger partial charge < -0.3 is 23.5 Å². The molecule has 1 saturated heterocycles. The van der Waals surface area contributed by atoms with Crippen molar-refractivity contribution in [1.82, 2.24) is 19.2 Å². The first-order valence-electron chi connectivity index (χ1n) is 16.8. The summed E-state index contributed by atoms with van der Waals surface area (Å²) >= 11 is 0. The molecule has 0 aliphatic carbocycles. The van der Waals surface area contributed by atoms with Gasteiger partial charge in [-0.05, 0) is 42.2 Å². The van der Waals surface area contributed by atoms with Crippen LogP contribution in [0, 0.1) is 17.0 Å². The molecule has 5 heterocycles. The highest BCUT2D eigenvalue weighted by atomic mass is 31.2. The van der Waals surface area contributed by atoms with Gasteiger partial charge in [-0.1, -0.05) is 45.0 Å². The zero-order valence-corrected chi connectivity index (χ0v) is 30.1. The number of esters is 1. The van der Waals surface area contributed by atoms with Crippen LogP contribution in [-0.4, -0.2) is 71.7 Å². The molecule has 2 aromatic carbocycles. The molecule has 1 unspecified atom stereocenters. The molecule has 16 heteroatoms. The molecule has 2 aromatic heterocycles. The Hall–Kier alpha value is -4.82. The molecule has 13 nitrogen and oxygen atoms in total. The highest BCUT2D eigenvalue weighted by molar-refractivity contribution is 7.52. The number of hydrogen-bond donors (Lipinski definition) is 1.